The molecule has 0 saturated heterocycles. The summed E-state index contributed by atoms with van der Waals surface area (Å²) in [6.07, 6.45) is 11.1. The fourth-order valence-corrected chi connectivity index (χ4v) is 8.89. The van der Waals surface area contributed by atoms with Crippen LogP contribution in [-0.2, 0) is 0 Å². The maximum Gasteiger partial charge on any atom is 0.0727 e. The van der Waals surface area contributed by atoms with Crippen molar-refractivity contribution in [3.63, 3.8) is 0 Å². The normalized spacial score (nSPS) is 12.2. The van der Waals surface area contributed by atoms with E-state index in [1.807, 2.05) is 0 Å². The minimum atomic E-state index is -0.371. The Morgan fingerprint density at radius 2 is 0.892 bits per heavy atom. The van der Waals surface area contributed by atoms with Crippen molar-refractivity contribution in [2.45, 2.75) is 32.2 Å². The second-order valence-corrected chi connectivity index (χ2v) is 14.3. The van der Waals surface area contributed by atoms with E-state index in [1.165, 1.54) is 21.2 Å². The molecule has 0 N–H and O–H groups in total. The molecule has 37 heavy (non-hydrogen) atoms. The molecule has 188 valence electrons. The molecule has 0 fully saturated rings. The molecule has 0 spiro atoms. The minimum Gasteiger partial charge on any atom is -0.287 e. The number of allylic oxidation sites excluding steroid dienone is 1. The van der Waals surface area contributed by atoms with Gasteiger partial charge < -0.3 is 0 Å². The molecule has 0 bridgehead atoms. The minimum absolute atomic E-state index is 0.190. The Labute approximate surface area is 225 Å². The Balaban J connectivity index is 1.34. The van der Waals surface area contributed by atoms with E-state index < -0.39 is 0 Å². The highest BCUT2D eigenvalue weighted by Crippen LogP contribution is 2.35. The average molecular weight is 522 g/mol. The third-order valence-corrected chi connectivity index (χ3v) is 11.3. The first-order valence-corrected chi connectivity index (χ1v) is 16.1. The van der Waals surface area contributed by atoms with E-state index in [4.69, 9.17) is 4.99 Å². The van der Waals surface area contributed by atoms with Crippen molar-refractivity contribution < 1.29 is 0 Å². The van der Waals surface area contributed by atoms with Crippen LogP contribution < -0.4 is 21.2 Å². The third-order valence-electron chi connectivity index (χ3n) is 6.22. The van der Waals surface area contributed by atoms with Crippen LogP contribution in [0.2, 0.25) is 0 Å². The highest BCUT2D eigenvalue weighted by molar-refractivity contribution is 7.73. The highest BCUT2D eigenvalue weighted by Gasteiger charge is 2.15. The molecule has 4 rings (SSSR count). The van der Waals surface area contributed by atoms with Crippen LogP contribution in [0, 0.1) is 0 Å². The summed E-state index contributed by atoms with van der Waals surface area (Å²) in [5, 5.41) is 5.76. The molecular formula is C34H37NP2. The highest BCUT2D eigenvalue weighted by atomic mass is 31.1. The number of benzene rings is 4. The van der Waals surface area contributed by atoms with Crippen molar-refractivity contribution in [2.24, 2.45) is 4.99 Å². The second-order valence-electron chi connectivity index (χ2n) is 9.59. The number of aliphatic imine (C=N–C) groups is 1. The molecule has 0 heterocycles. The molecule has 0 aliphatic heterocycles. The van der Waals surface area contributed by atoms with Gasteiger partial charge in [-0.1, -0.05) is 133 Å². The lowest BCUT2D eigenvalue weighted by Gasteiger charge is -2.19. The predicted octanol–water partition coefficient (Wildman–Crippen LogP) is 7.44. The first kappa shape index (κ1) is 27.2. The van der Waals surface area contributed by atoms with E-state index >= 15 is 0 Å². The molecule has 4 aromatic rings. The number of nitrogens with zero attached hydrogens (tertiary/aromatic N) is 1. The van der Waals surface area contributed by atoms with Crippen molar-refractivity contribution in [2.75, 3.05) is 12.3 Å². The number of hydrogen-bond acceptors (Lipinski definition) is 1. The van der Waals surface area contributed by atoms with Gasteiger partial charge in [-0.25, -0.2) is 0 Å². The predicted molar refractivity (Wildman–Crippen MR) is 169 cm³/mol. The Morgan fingerprint density at radius 3 is 1.27 bits per heavy atom. The smallest absolute Gasteiger partial charge is 0.0727 e. The van der Waals surface area contributed by atoms with Gasteiger partial charge in [0.15, 0.2) is 0 Å². The van der Waals surface area contributed by atoms with Crippen LogP contribution in [0.3, 0.4) is 0 Å². The number of rotatable bonds is 12. The van der Waals surface area contributed by atoms with Gasteiger partial charge in [-0.05, 0) is 76.1 Å². The number of hydrogen-bond donors (Lipinski definition) is 0. The molecule has 1 nitrogen and oxygen atoms in total. The fraction of sp³-hybridized carbons (Fsp3) is 0.206. The summed E-state index contributed by atoms with van der Waals surface area (Å²) < 4.78 is 0. The zero-order valence-corrected chi connectivity index (χ0v) is 23.7. The van der Waals surface area contributed by atoms with Crippen LogP contribution in [0.4, 0.5) is 0 Å². The first-order chi connectivity index (χ1) is 18.1. The zero-order valence-electron chi connectivity index (χ0n) is 21.9. The van der Waals surface area contributed by atoms with E-state index in [2.05, 4.69) is 154 Å². The van der Waals surface area contributed by atoms with Crippen molar-refractivity contribution in [3.8, 4) is 0 Å². The molecule has 0 amide bonds. The van der Waals surface area contributed by atoms with E-state index in [-0.39, 0.29) is 21.4 Å². The standard InChI is InChI=1S/C34H37NP2/c1-34(2,26-15-16-28-36(30-18-7-3-8-19-30)31-20-9-4-10-21-31)35-27-17-29-37(32-22-11-5-12-23-32)33-24-13-6-14-25-33/h3-15,18-27H,16-17,28-29H2,1-2H3. The van der Waals surface area contributed by atoms with Crippen molar-refractivity contribution in [3.05, 3.63) is 133 Å². The Bertz CT molecular complexity index is 1060. The van der Waals surface area contributed by atoms with E-state index in [0.29, 0.717) is 0 Å². The van der Waals surface area contributed by atoms with E-state index in [0.717, 1.165) is 25.2 Å². The van der Waals surface area contributed by atoms with Crippen LogP contribution in [0.1, 0.15) is 26.7 Å². The Kier molecular flexibility index (Phi) is 10.4. The molecule has 0 saturated carbocycles. The zero-order chi connectivity index (χ0) is 25.8. The lowest BCUT2D eigenvalue weighted by Crippen LogP contribution is -2.15. The lowest BCUT2D eigenvalue weighted by atomic mass is 10.1. The molecule has 0 aromatic heterocycles. The lowest BCUT2D eigenvalue weighted by molar-refractivity contribution is 0.657. The maximum atomic E-state index is 4.95. The monoisotopic (exact) mass is 521 g/mol. The fourth-order valence-electron chi connectivity index (χ4n) is 4.35. The largest absolute Gasteiger partial charge is 0.287 e. The first-order valence-electron chi connectivity index (χ1n) is 13.1. The molecule has 0 aliphatic rings. The van der Waals surface area contributed by atoms with Crippen LogP contribution in [0.15, 0.2) is 138 Å². The Morgan fingerprint density at radius 1 is 0.541 bits per heavy atom. The molecule has 0 radical (unpaired) electrons. The topological polar surface area (TPSA) is 12.4 Å². The van der Waals surface area contributed by atoms with Gasteiger partial charge in [0, 0.05) is 6.21 Å². The molecule has 0 unspecified atom stereocenters. The van der Waals surface area contributed by atoms with Gasteiger partial charge in [-0.15, -0.1) is 0 Å². The molecule has 0 aliphatic carbocycles. The summed E-state index contributed by atoms with van der Waals surface area (Å²) >= 11 is 0. The summed E-state index contributed by atoms with van der Waals surface area (Å²) in [5.41, 5.74) is -0.190. The van der Waals surface area contributed by atoms with Crippen LogP contribution >= 0.6 is 15.8 Å². The van der Waals surface area contributed by atoms with Crippen LogP contribution in [-0.4, -0.2) is 24.1 Å². The third kappa shape index (κ3) is 8.60. The van der Waals surface area contributed by atoms with Crippen molar-refractivity contribution >= 4 is 43.3 Å². The van der Waals surface area contributed by atoms with Gasteiger partial charge in [0.1, 0.15) is 0 Å². The maximum absolute atomic E-state index is 4.95. The molecule has 3 heteroatoms. The summed E-state index contributed by atoms with van der Waals surface area (Å²) in [7, 11) is -0.722. The van der Waals surface area contributed by atoms with Gasteiger partial charge >= 0.3 is 0 Å². The van der Waals surface area contributed by atoms with Gasteiger partial charge in [0.25, 0.3) is 0 Å². The van der Waals surface area contributed by atoms with Crippen molar-refractivity contribution in [1.29, 1.82) is 0 Å². The van der Waals surface area contributed by atoms with Gasteiger partial charge in [0.2, 0.25) is 0 Å². The van der Waals surface area contributed by atoms with Crippen molar-refractivity contribution in [1.82, 2.24) is 0 Å². The molecule has 0 atom stereocenters. The Hall–Kier alpha value is -2.85. The van der Waals surface area contributed by atoms with Gasteiger partial charge in [-0.2, -0.15) is 0 Å². The van der Waals surface area contributed by atoms with Crippen LogP contribution in [0.25, 0.3) is 0 Å². The average Bonchev–Trinajstić information content (AvgIpc) is 2.95. The molecule has 4 aromatic carbocycles. The SMILES string of the molecule is CC(C)(C=CCCP(c1ccccc1)c1ccccc1)N=CCCP(c1ccccc1)c1ccccc1. The quantitative estimate of drug-likeness (QED) is 0.104. The summed E-state index contributed by atoms with van der Waals surface area (Å²) in [5.74, 6) is 0. The van der Waals surface area contributed by atoms with Gasteiger partial charge in [-0.3, -0.25) is 4.99 Å². The van der Waals surface area contributed by atoms with E-state index in [9.17, 15) is 0 Å². The summed E-state index contributed by atoms with van der Waals surface area (Å²) in [6, 6.07) is 43.8. The van der Waals surface area contributed by atoms with E-state index in [1.54, 1.807) is 0 Å². The summed E-state index contributed by atoms with van der Waals surface area (Å²) in [4.78, 5) is 4.95. The molecular weight excluding hydrogens is 484 g/mol. The second kappa shape index (κ2) is 14.2. The van der Waals surface area contributed by atoms with Gasteiger partial charge in [0.05, 0.1) is 5.54 Å². The van der Waals surface area contributed by atoms with Crippen LogP contribution in [0.5, 0.6) is 0 Å². The summed E-state index contributed by atoms with van der Waals surface area (Å²) in [6.45, 7) is 4.41.